The number of hydrogen-bond acceptors (Lipinski definition) is 2. The molecule has 1 saturated carbocycles. The fraction of sp³-hybridized carbons (Fsp3) is 0.750. The van der Waals surface area contributed by atoms with Crippen LogP contribution in [0.4, 0.5) is 5.82 Å². The van der Waals surface area contributed by atoms with Gasteiger partial charge in [0.25, 0.3) is 0 Å². The summed E-state index contributed by atoms with van der Waals surface area (Å²) in [5.74, 6) is 1.34. The first-order chi connectivity index (χ1) is 7.65. The predicted molar refractivity (Wildman–Crippen MR) is 67.7 cm³/mol. The van der Waals surface area contributed by atoms with E-state index in [1.807, 2.05) is 11.6 Å². The Kier molecular flexibility index (Phi) is 3.43. The highest BCUT2D eigenvalue weighted by molar-refractivity contribution is 6.33. The molecule has 0 radical (unpaired) electrons. The van der Waals surface area contributed by atoms with Gasteiger partial charge in [0.15, 0.2) is 0 Å². The van der Waals surface area contributed by atoms with Gasteiger partial charge in [-0.1, -0.05) is 37.8 Å². The minimum absolute atomic E-state index is 0.449. The molecule has 90 valence electrons. The van der Waals surface area contributed by atoms with Gasteiger partial charge in [-0.3, -0.25) is 0 Å². The van der Waals surface area contributed by atoms with Crippen LogP contribution in [0.25, 0.3) is 0 Å². The fourth-order valence-electron chi connectivity index (χ4n) is 2.78. The molecule has 0 bridgehead atoms. The predicted octanol–water partition coefficient (Wildman–Crippen LogP) is 3.57. The maximum atomic E-state index is 6.10. The van der Waals surface area contributed by atoms with Gasteiger partial charge in [-0.2, -0.15) is 5.10 Å². The normalized spacial score (nSPS) is 25.9. The average Bonchev–Trinajstić information content (AvgIpc) is 2.57. The number of nitrogens with two attached hydrogens (primary N) is 1. The number of nitrogen functional groups attached to an aromatic ring is 1. The van der Waals surface area contributed by atoms with Crippen LogP contribution in [0.5, 0.6) is 0 Å². The van der Waals surface area contributed by atoms with Crippen LogP contribution in [0.1, 0.15) is 50.8 Å². The van der Waals surface area contributed by atoms with E-state index in [4.69, 9.17) is 17.3 Å². The maximum absolute atomic E-state index is 6.10. The summed E-state index contributed by atoms with van der Waals surface area (Å²) in [5.41, 5.74) is 6.87. The topological polar surface area (TPSA) is 43.8 Å². The molecule has 0 amide bonds. The number of nitrogens with zero attached hydrogens (tertiary/aromatic N) is 2. The Hall–Kier alpha value is -0.700. The summed E-state index contributed by atoms with van der Waals surface area (Å²) in [5, 5.41) is 5.12. The highest BCUT2D eigenvalue weighted by atomic mass is 35.5. The van der Waals surface area contributed by atoms with E-state index < -0.39 is 0 Å². The Labute approximate surface area is 102 Å². The molecular formula is C12H20ClN3. The lowest BCUT2D eigenvalue weighted by molar-refractivity contribution is 0.219. The first-order valence-corrected chi connectivity index (χ1v) is 6.53. The van der Waals surface area contributed by atoms with Crippen molar-refractivity contribution in [3.8, 4) is 0 Å². The monoisotopic (exact) mass is 241 g/mol. The van der Waals surface area contributed by atoms with Gasteiger partial charge < -0.3 is 5.73 Å². The standard InChI is InChI=1S/C12H20ClN3/c1-3-9-6-4-5-7-10(9)16-12(14)11(13)8(2)15-16/h9-10H,3-7,14H2,1-2H3. The quantitative estimate of drug-likeness (QED) is 0.860. The molecule has 2 atom stereocenters. The molecule has 2 N–H and O–H groups in total. The summed E-state index contributed by atoms with van der Waals surface area (Å²) >= 11 is 6.10. The summed E-state index contributed by atoms with van der Waals surface area (Å²) in [6, 6.07) is 0.449. The highest BCUT2D eigenvalue weighted by Crippen LogP contribution is 2.38. The van der Waals surface area contributed by atoms with Crippen LogP contribution in [0, 0.1) is 12.8 Å². The van der Waals surface area contributed by atoms with E-state index in [9.17, 15) is 0 Å². The molecule has 0 saturated heterocycles. The van der Waals surface area contributed by atoms with E-state index >= 15 is 0 Å². The third-order valence-electron chi connectivity index (χ3n) is 3.75. The number of hydrogen-bond donors (Lipinski definition) is 1. The first-order valence-electron chi connectivity index (χ1n) is 6.15. The van der Waals surface area contributed by atoms with Crippen molar-refractivity contribution < 1.29 is 0 Å². The molecule has 1 aromatic rings. The molecule has 1 aromatic heterocycles. The number of rotatable bonds is 2. The van der Waals surface area contributed by atoms with Crippen LogP contribution in [-0.4, -0.2) is 9.78 Å². The third-order valence-corrected chi connectivity index (χ3v) is 4.22. The summed E-state index contributed by atoms with van der Waals surface area (Å²) in [4.78, 5) is 0. The number of anilines is 1. The van der Waals surface area contributed by atoms with Gasteiger partial charge in [-0.15, -0.1) is 0 Å². The smallest absolute Gasteiger partial charge is 0.141 e. The summed E-state index contributed by atoms with van der Waals surface area (Å²) < 4.78 is 1.96. The molecule has 1 heterocycles. The molecule has 2 rings (SSSR count). The highest BCUT2D eigenvalue weighted by Gasteiger charge is 2.28. The zero-order valence-electron chi connectivity index (χ0n) is 10.0. The Morgan fingerprint density at radius 3 is 2.69 bits per heavy atom. The maximum Gasteiger partial charge on any atom is 0.141 e. The molecule has 1 fully saturated rings. The van der Waals surface area contributed by atoms with Crippen LogP contribution >= 0.6 is 11.6 Å². The lowest BCUT2D eigenvalue weighted by Gasteiger charge is -2.31. The minimum atomic E-state index is 0.449. The van der Waals surface area contributed by atoms with Gasteiger partial charge in [-0.05, 0) is 25.7 Å². The fourth-order valence-corrected chi connectivity index (χ4v) is 2.91. The first kappa shape index (κ1) is 11.8. The van der Waals surface area contributed by atoms with Gasteiger partial charge in [0.1, 0.15) is 10.8 Å². The van der Waals surface area contributed by atoms with Gasteiger partial charge in [0.05, 0.1) is 11.7 Å². The van der Waals surface area contributed by atoms with Gasteiger partial charge in [-0.25, -0.2) is 4.68 Å². The van der Waals surface area contributed by atoms with E-state index in [-0.39, 0.29) is 0 Å². The number of halogens is 1. The van der Waals surface area contributed by atoms with E-state index in [0.29, 0.717) is 22.8 Å². The Morgan fingerprint density at radius 2 is 2.12 bits per heavy atom. The second-order valence-electron chi connectivity index (χ2n) is 4.75. The minimum Gasteiger partial charge on any atom is -0.383 e. The molecule has 3 nitrogen and oxygen atoms in total. The van der Waals surface area contributed by atoms with Gasteiger partial charge in [0, 0.05) is 0 Å². The molecule has 0 aromatic carbocycles. The van der Waals surface area contributed by atoms with E-state index in [1.54, 1.807) is 0 Å². The van der Waals surface area contributed by atoms with Crippen molar-refractivity contribution in [1.29, 1.82) is 0 Å². The van der Waals surface area contributed by atoms with Crippen molar-refractivity contribution in [1.82, 2.24) is 9.78 Å². The Bertz CT molecular complexity index is 373. The number of aryl methyl sites for hydroxylation is 1. The van der Waals surface area contributed by atoms with Crippen molar-refractivity contribution in [2.45, 2.75) is 52.0 Å². The molecule has 0 aliphatic heterocycles. The second kappa shape index (κ2) is 4.66. The molecule has 1 aliphatic carbocycles. The van der Waals surface area contributed by atoms with Crippen molar-refractivity contribution in [2.75, 3.05) is 5.73 Å². The van der Waals surface area contributed by atoms with Crippen LogP contribution in [0.15, 0.2) is 0 Å². The van der Waals surface area contributed by atoms with Gasteiger partial charge >= 0.3 is 0 Å². The van der Waals surface area contributed by atoms with Crippen LogP contribution in [0.3, 0.4) is 0 Å². The second-order valence-corrected chi connectivity index (χ2v) is 5.13. The Morgan fingerprint density at radius 1 is 1.44 bits per heavy atom. The van der Waals surface area contributed by atoms with Crippen LogP contribution < -0.4 is 5.73 Å². The summed E-state index contributed by atoms with van der Waals surface area (Å²) in [6.07, 6.45) is 6.28. The summed E-state index contributed by atoms with van der Waals surface area (Å²) in [7, 11) is 0. The average molecular weight is 242 g/mol. The molecule has 1 aliphatic rings. The molecular weight excluding hydrogens is 222 g/mol. The van der Waals surface area contributed by atoms with Gasteiger partial charge in [0.2, 0.25) is 0 Å². The van der Waals surface area contributed by atoms with E-state index in [2.05, 4.69) is 12.0 Å². The lowest BCUT2D eigenvalue weighted by Crippen LogP contribution is -2.24. The lowest BCUT2D eigenvalue weighted by atomic mass is 9.83. The van der Waals surface area contributed by atoms with Crippen molar-refractivity contribution in [2.24, 2.45) is 5.92 Å². The van der Waals surface area contributed by atoms with Crippen molar-refractivity contribution in [3.05, 3.63) is 10.7 Å². The molecule has 2 unspecified atom stereocenters. The molecule has 4 heteroatoms. The largest absolute Gasteiger partial charge is 0.383 e. The van der Waals surface area contributed by atoms with Crippen molar-refractivity contribution >= 4 is 17.4 Å². The zero-order valence-corrected chi connectivity index (χ0v) is 10.8. The van der Waals surface area contributed by atoms with Crippen molar-refractivity contribution in [3.63, 3.8) is 0 Å². The summed E-state index contributed by atoms with van der Waals surface area (Å²) in [6.45, 7) is 4.16. The van der Waals surface area contributed by atoms with E-state index in [1.165, 1.54) is 32.1 Å². The van der Waals surface area contributed by atoms with Crippen LogP contribution in [-0.2, 0) is 0 Å². The Balaban J connectivity index is 2.30. The molecule has 16 heavy (non-hydrogen) atoms. The molecule has 0 spiro atoms. The SMILES string of the molecule is CCC1CCCCC1n1nc(C)c(Cl)c1N. The zero-order chi connectivity index (χ0) is 11.7. The number of aromatic nitrogens is 2. The van der Waals surface area contributed by atoms with E-state index in [0.717, 1.165) is 5.69 Å². The third kappa shape index (κ3) is 1.93. The van der Waals surface area contributed by atoms with Crippen LogP contribution in [0.2, 0.25) is 5.02 Å².